The molecule has 0 heterocycles. The van der Waals surface area contributed by atoms with Crippen LogP contribution in [0.2, 0.25) is 0 Å². The van der Waals surface area contributed by atoms with Gasteiger partial charge < -0.3 is 14.9 Å². The molecule has 0 aromatic heterocycles. The number of aliphatic hydroxyl groups is 2. The van der Waals surface area contributed by atoms with Crippen LogP contribution in [0.4, 0.5) is 0 Å². The van der Waals surface area contributed by atoms with Crippen LogP contribution in [0.1, 0.15) is 33.9 Å². The second-order valence-corrected chi connectivity index (χ2v) is 9.48. The third kappa shape index (κ3) is 5.92. The lowest BCUT2D eigenvalue weighted by Crippen LogP contribution is -2.42. The number of aliphatic hydroxyl groups excluding tert-OH is 2. The minimum Gasteiger partial charge on any atom is -0.387 e. The van der Waals surface area contributed by atoms with E-state index in [0.717, 1.165) is 22.3 Å². The molecule has 3 heteroatoms. The molecule has 5 aromatic carbocycles. The smallest absolute Gasteiger partial charge is 0.144 e. The summed E-state index contributed by atoms with van der Waals surface area (Å²) < 4.78 is 7.13. The molecule has 5 rings (SSSR count). The SMILES string of the molecule is O[C@@H]([C@H](O)c1ccccc1)[C@@H](/C=C/c1ccccc1)OC(c1ccccc1)(c1ccccc1)c1ccccc1. The molecule has 39 heavy (non-hydrogen) atoms. The molecule has 0 radical (unpaired) electrons. The van der Waals surface area contributed by atoms with Crippen LogP contribution < -0.4 is 0 Å². The molecule has 0 saturated heterocycles. The maximum atomic E-state index is 11.7. The van der Waals surface area contributed by atoms with Crippen LogP contribution >= 0.6 is 0 Å². The van der Waals surface area contributed by atoms with Crippen molar-refractivity contribution >= 4 is 6.08 Å². The molecule has 0 spiro atoms. The highest BCUT2D eigenvalue weighted by atomic mass is 16.5. The lowest BCUT2D eigenvalue weighted by Gasteiger charge is -2.40. The van der Waals surface area contributed by atoms with Crippen LogP contribution in [-0.4, -0.2) is 22.4 Å². The highest BCUT2D eigenvalue weighted by molar-refractivity contribution is 5.51. The van der Waals surface area contributed by atoms with Crippen LogP contribution in [0.5, 0.6) is 0 Å². The van der Waals surface area contributed by atoms with Crippen molar-refractivity contribution in [2.24, 2.45) is 0 Å². The van der Waals surface area contributed by atoms with Gasteiger partial charge in [-0.05, 0) is 27.8 Å². The molecule has 3 atom stereocenters. The van der Waals surface area contributed by atoms with Crippen molar-refractivity contribution in [1.29, 1.82) is 0 Å². The first kappa shape index (κ1) is 26.3. The summed E-state index contributed by atoms with van der Waals surface area (Å²) in [6.45, 7) is 0. The normalized spacial score (nSPS) is 14.1. The largest absolute Gasteiger partial charge is 0.387 e. The third-order valence-corrected chi connectivity index (χ3v) is 6.93. The predicted molar refractivity (Wildman–Crippen MR) is 157 cm³/mol. The van der Waals surface area contributed by atoms with E-state index < -0.39 is 23.9 Å². The zero-order valence-electron chi connectivity index (χ0n) is 21.6. The maximum absolute atomic E-state index is 11.7. The number of hydrogen-bond acceptors (Lipinski definition) is 3. The quantitative estimate of drug-likeness (QED) is 0.195. The van der Waals surface area contributed by atoms with Crippen molar-refractivity contribution in [3.63, 3.8) is 0 Å². The van der Waals surface area contributed by atoms with E-state index in [0.29, 0.717) is 5.56 Å². The first-order chi connectivity index (χ1) is 19.2. The molecule has 0 aliphatic rings. The van der Waals surface area contributed by atoms with Gasteiger partial charge in [-0.2, -0.15) is 0 Å². The fourth-order valence-electron chi connectivity index (χ4n) is 4.95. The molecule has 0 fully saturated rings. The van der Waals surface area contributed by atoms with Gasteiger partial charge in [0.25, 0.3) is 0 Å². The Bertz CT molecular complexity index is 1340. The van der Waals surface area contributed by atoms with E-state index in [1.54, 1.807) is 0 Å². The number of benzene rings is 5. The molecule has 0 bridgehead atoms. The van der Waals surface area contributed by atoms with Gasteiger partial charge in [0.15, 0.2) is 0 Å². The van der Waals surface area contributed by atoms with Crippen LogP contribution in [-0.2, 0) is 10.3 Å². The van der Waals surface area contributed by atoms with Crippen LogP contribution in [0.3, 0.4) is 0 Å². The average molecular weight is 513 g/mol. The van der Waals surface area contributed by atoms with Gasteiger partial charge in [0, 0.05) is 0 Å². The second kappa shape index (κ2) is 12.5. The van der Waals surface area contributed by atoms with Crippen LogP contribution in [0, 0.1) is 0 Å². The Balaban J connectivity index is 1.67. The maximum Gasteiger partial charge on any atom is 0.144 e. The summed E-state index contributed by atoms with van der Waals surface area (Å²) in [4.78, 5) is 0. The summed E-state index contributed by atoms with van der Waals surface area (Å²) in [7, 11) is 0. The third-order valence-electron chi connectivity index (χ3n) is 6.93. The lowest BCUT2D eigenvalue weighted by atomic mass is 9.79. The van der Waals surface area contributed by atoms with Crippen molar-refractivity contribution in [2.75, 3.05) is 0 Å². The molecule has 0 saturated carbocycles. The van der Waals surface area contributed by atoms with Gasteiger partial charge in [-0.25, -0.2) is 0 Å². The van der Waals surface area contributed by atoms with Gasteiger partial charge in [-0.15, -0.1) is 0 Å². The minimum atomic E-state index is -1.25. The van der Waals surface area contributed by atoms with E-state index in [-0.39, 0.29) is 0 Å². The van der Waals surface area contributed by atoms with E-state index >= 15 is 0 Å². The summed E-state index contributed by atoms with van der Waals surface area (Å²) >= 11 is 0. The Hall–Kier alpha value is -4.28. The van der Waals surface area contributed by atoms with E-state index in [4.69, 9.17) is 4.74 Å². The van der Waals surface area contributed by atoms with Gasteiger partial charge in [-0.3, -0.25) is 0 Å². The van der Waals surface area contributed by atoms with Crippen molar-refractivity contribution in [1.82, 2.24) is 0 Å². The first-order valence-electron chi connectivity index (χ1n) is 13.2. The Morgan fingerprint density at radius 1 is 0.513 bits per heavy atom. The summed E-state index contributed by atoms with van der Waals surface area (Å²) in [6, 6.07) is 49.2. The molecule has 3 nitrogen and oxygen atoms in total. The van der Waals surface area contributed by atoms with E-state index in [1.165, 1.54) is 0 Å². The van der Waals surface area contributed by atoms with E-state index in [9.17, 15) is 10.2 Å². The van der Waals surface area contributed by atoms with Gasteiger partial charge in [0.05, 0.1) is 0 Å². The number of hydrogen-bond donors (Lipinski definition) is 2. The molecule has 0 aliphatic carbocycles. The Kier molecular flexibility index (Phi) is 8.45. The average Bonchev–Trinajstić information content (AvgIpc) is 3.03. The topological polar surface area (TPSA) is 49.7 Å². The zero-order valence-corrected chi connectivity index (χ0v) is 21.6. The van der Waals surface area contributed by atoms with Gasteiger partial charge in [-0.1, -0.05) is 164 Å². The summed E-state index contributed by atoms with van der Waals surface area (Å²) in [5, 5.41) is 23.0. The van der Waals surface area contributed by atoms with Crippen molar-refractivity contribution < 1.29 is 14.9 Å². The minimum absolute atomic E-state index is 0.622. The fraction of sp³-hybridized carbons (Fsp3) is 0.111. The highest BCUT2D eigenvalue weighted by Crippen LogP contribution is 2.42. The fourth-order valence-corrected chi connectivity index (χ4v) is 4.95. The molecule has 0 aliphatic heterocycles. The van der Waals surface area contributed by atoms with Crippen molar-refractivity contribution in [3.05, 3.63) is 186 Å². The lowest BCUT2D eigenvalue weighted by molar-refractivity contribution is -0.114. The predicted octanol–water partition coefficient (Wildman–Crippen LogP) is 7.17. The van der Waals surface area contributed by atoms with Crippen LogP contribution in [0.25, 0.3) is 6.08 Å². The van der Waals surface area contributed by atoms with E-state index in [1.807, 2.05) is 164 Å². The number of rotatable bonds is 10. The summed E-state index contributed by atoms with van der Waals surface area (Å²) in [6.07, 6.45) is 0.494. The van der Waals surface area contributed by atoms with Crippen molar-refractivity contribution in [2.45, 2.75) is 23.9 Å². The monoisotopic (exact) mass is 512 g/mol. The number of ether oxygens (including phenoxy) is 1. The molecule has 2 N–H and O–H groups in total. The van der Waals surface area contributed by atoms with Crippen molar-refractivity contribution in [3.8, 4) is 0 Å². The highest BCUT2D eigenvalue weighted by Gasteiger charge is 2.42. The standard InChI is InChI=1S/C36H32O3/c37-34(29-18-8-2-9-19-29)35(38)33(27-26-28-16-6-1-7-17-28)39-36(30-20-10-3-11-21-30,31-22-12-4-13-23-31)32-24-14-5-15-25-32/h1-27,33-35,37-38H/b27-26+/t33-,34-,35-/m1/s1. The molecule has 0 unspecified atom stereocenters. The molecule has 5 aromatic rings. The summed E-state index contributed by atoms with van der Waals surface area (Å²) in [5.74, 6) is 0. The second-order valence-electron chi connectivity index (χ2n) is 9.48. The molecule has 194 valence electrons. The zero-order chi connectivity index (χ0) is 26.9. The van der Waals surface area contributed by atoms with Crippen LogP contribution in [0.15, 0.2) is 158 Å². The van der Waals surface area contributed by atoms with E-state index in [2.05, 4.69) is 0 Å². The van der Waals surface area contributed by atoms with Gasteiger partial charge in [0.2, 0.25) is 0 Å². The summed E-state index contributed by atoms with van der Waals surface area (Å²) in [5.41, 5.74) is 3.28. The molecule has 0 amide bonds. The van der Waals surface area contributed by atoms with Gasteiger partial charge >= 0.3 is 0 Å². The Morgan fingerprint density at radius 2 is 0.897 bits per heavy atom. The Morgan fingerprint density at radius 3 is 1.33 bits per heavy atom. The Labute approximate surface area is 230 Å². The first-order valence-corrected chi connectivity index (χ1v) is 13.2. The molecular formula is C36H32O3. The molecular weight excluding hydrogens is 480 g/mol. The van der Waals surface area contributed by atoms with Gasteiger partial charge in [0.1, 0.15) is 23.9 Å².